The first-order chi connectivity index (χ1) is 13.0. The molecular formula is C23H28N2O2. The normalized spacial score (nSPS) is 20.6. The van der Waals surface area contributed by atoms with E-state index in [9.17, 15) is 4.79 Å². The maximum absolute atomic E-state index is 11.0. The lowest BCUT2D eigenvalue weighted by Crippen LogP contribution is -2.06. The van der Waals surface area contributed by atoms with Gasteiger partial charge < -0.3 is 10.4 Å². The second kappa shape index (κ2) is 9.72. The van der Waals surface area contributed by atoms with E-state index in [0.717, 1.165) is 28.1 Å². The average molecular weight is 364 g/mol. The number of nitrogens with one attached hydrogen (secondary N) is 1. The van der Waals surface area contributed by atoms with Crippen LogP contribution in [0.4, 0.5) is 5.82 Å². The third-order valence-corrected chi connectivity index (χ3v) is 4.65. The third kappa shape index (κ3) is 5.81. The Hall–Kier alpha value is -2.88. The number of aliphatic carboxylic acids is 1. The molecule has 142 valence electrons. The van der Waals surface area contributed by atoms with Crippen LogP contribution in [-0.2, 0) is 4.79 Å². The highest BCUT2D eigenvalue weighted by Gasteiger charge is 2.44. The van der Waals surface area contributed by atoms with Gasteiger partial charge in [0.05, 0.1) is 5.92 Å². The summed E-state index contributed by atoms with van der Waals surface area (Å²) >= 11 is 0. The Labute approximate surface area is 161 Å². The zero-order valence-corrected chi connectivity index (χ0v) is 16.3. The van der Waals surface area contributed by atoms with Gasteiger partial charge in [-0.2, -0.15) is 0 Å². The summed E-state index contributed by atoms with van der Waals surface area (Å²) in [5.74, 6) is -0.0775. The van der Waals surface area contributed by atoms with Crippen molar-refractivity contribution in [1.82, 2.24) is 4.98 Å². The predicted octanol–water partition coefficient (Wildman–Crippen LogP) is 5.26. The molecule has 4 heteroatoms. The number of rotatable bonds is 9. The second-order valence-electron chi connectivity index (χ2n) is 6.67. The van der Waals surface area contributed by atoms with E-state index in [1.54, 1.807) is 12.3 Å². The van der Waals surface area contributed by atoms with Crippen LogP contribution in [-0.4, -0.2) is 22.6 Å². The predicted molar refractivity (Wildman–Crippen MR) is 112 cm³/mol. The first-order valence-electron chi connectivity index (χ1n) is 9.22. The van der Waals surface area contributed by atoms with Crippen LogP contribution >= 0.6 is 0 Å². The third-order valence-electron chi connectivity index (χ3n) is 4.65. The van der Waals surface area contributed by atoms with E-state index in [1.165, 1.54) is 0 Å². The largest absolute Gasteiger partial charge is 0.481 e. The molecule has 1 aromatic rings. The molecule has 1 heterocycles. The molecule has 0 aromatic carbocycles. The number of anilines is 1. The monoisotopic (exact) mass is 364 g/mol. The van der Waals surface area contributed by atoms with Crippen molar-refractivity contribution in [2.75, 3.05) is 11.9 Å². The molecule has 0 radical (unpaired) electrons. The van der Waals surface area contributed by atoms with Crippen molar-refractivity contribution < 1.29 is 9.90 Å². The van der Waals surface area contributed by atoms with Crippen LogP contribution < -0.4 is 5.32 Å². The first kappa shape index (κ1) is 20.4. The molecule has 0 saturated heterocycles. The molecule has 0 bridgehead atoms. The van der Waals surface area contributed by atoms with Crippen molar-refractivity contribution in [2.45, 2.75) is 33.1 Å². The first-order valence-corrected chi connectivity index (χ1v) is 9.22. The topological polar surface area (TPSA) is 62.2 Å². The van der Waals surface area contributed by atoms with Crippen molar-refractivity contribution in [3.05, 3.63) is 83.6 Å². The number of carbonyl (C=O) groups is 1. The van der Waals surface area contributed by atoms with Gasteiger partial charge in [0.15, 0.2) is 0 Å². The summed E-state index contributed by atoms with van der Waals surface area (Å²) in [5, 5.41) is 12.4. The van der Waals surface area contributed by atoms with Gasteiger partial charge in [-0.3, -0.25) is 4.79 Å². The molecule has 2 atom stereocenters. The molecule has 2 rings (SSSR count). The Kier molecular flexibility index (Phi) is 7.35. The highest BCUT2D eigenvalue weighted by molar-refractivity contribution is 5.75. The van der Waals surface area contributed by atoms with E-state index in [2.05, 4.69) is 42.0 Å². The van der Waals surface area contributed by atoms with E-state index < -0.39 is 5.97 Å². The summed E-state index contributed by atoms with van der Waals surface area (Å²) in [5.41, 5.74) is 4.45. The fourth-order valence-electron chi connectivity index (χ4n) is 3.03. The van der Waals surface area contributed by atoms with Gasteiger partial charge >= 0.3 is 5.97 Å². The molecule has 1 aliphatic carbocycles. The summed E-state index contributed by atoms with van der Waals surface area (Å²) in [6, 6.07) is 3.88. The number of hydrogen-bond donors (Lipinski definition) is 2. The Morgan fingerprint density at radius 2 is 2.19 bits per heavy atom. The van der Waals surface area contributed by atoms with Crippen molar-refractivity contribution >= 4 is 11.8 Å². The Morgan fingerprint density at radius 3 is 2.70 bits per heavy atom. The Bertz CT molecular complexity index is 798. The molecule has 1 aromatic heterocycles. The number of nitrogens with zero attached hydrogens (tertiary/aromatic N) is 1. The number of carboxylic acids is 1. The van der Waals surface area contributed by atoms with E-state index >= 15 is 0 Å². The second-order valence-corrected chi connectivity index (χ2v) is 6.67. The minimum absolute atomic E-state index is 0.111. The molecule has 4 nitrogen and oxygen atoms in total. The molecule has 0 spiro atoms. The molecule has 1 saturated carbocycles. The Morgan fingerprint density at radius 1 is 1.41 bits per heavy atom. The standard InChI is InChI=1S/C23H28N2O2/c1-5-8-16(4)18(7-3)12-17(9-6-2)14-24-22-11-10-19(15-25-22)20-13-21(20)23(26)27/h5-12,15,20-21H,1,13-14H2,2-4H3,(H,24,25)(H,26,27)/b9-6-,16-8+,17-12+,18-7+. The number of hydrogen-bond acceptors (Lipinski definition) is 3. The van der Waals surface area contributed by atoms with Crippen molar-refractivity contribution in [3.8, 4) is 0 Å². The maximum Gasteiger partial charge on any atom is 0.307 e. The molecular weight excluding hydrogens is 336 g/mol. The summed E-state index contributed by atoms with van der Waals surface area (Å²) in [6.45, 7) is 10.5. The maximum atomic E-state index is 11.0. The van der Waals surface area contributed by atoms with Crippen molar-refractivity contribution in [3.63, 3.8) is 0 Å². The van der Waals surface area contributed by atoms with E-state index in [1.807, 2.05) is 38.1 Å². The van der Waals surface area contributed by atoms with Gasteiger partial charge in [-0.05, 0) is 61.5 Å². The summed E-state index contributed by atoms with van der Waals surface area (Å²) in [7, 11) is 0. The quantitative estimate of drug-likeness (QED) is 0.587. The van der Waals surface area contributed by atoms with Crippen LogP contribution in [0, 0.1) is 5.92 Å². The fraction of sp³-hybridized carbons (Fsp3) is 0.304. The molecule has 0 amide bonds. The van der Waals surface area contributed by atoms with Gasteiger partial charge in [-0.15, -0.1) is 0 Å². The molecule has 2 unspecified atom stereocenters. The van der Waals surface area contributed by atoms with Crippen LogP contribution in [0.3, 0.4) is 0 Å². The highest BCUT2D eigenvalue weighted by Crippen LogP contribution is 2.47. The van der Waals surface area contributed by atoms with E-state index in [0.29, 0.717) is 13.0 Å². The van der Waals surface area contributed by atoms with Crippen LogP contribution in [0.5, 0.6) is 0 Å². The highest BCUT2D eigenvalue weighted by atomic mass is 16.4. The van der Waals surface area contributed by atoms with Crippen LogP contribution in [0.1, 0.15) is 38.7 Å². The fourth-order valence-corrected chi connectivity index (χ4v) is 3.03. The van der Waals surface area contributed by atoms with Crippen molar-refractivity contribution in [1.29, 1.82) is 0 Å². The molecule has 2 N–H and O–H groups in total. The zero-order chi connectivity index (χ0) is 19.8. The molecule has 1 aliphatic rings. The van der Waals surface area contributed by atoms with E-state index in [-0.39, 0.29) is 11.8 Å². The zero-order valence-electron chi connectivity index (χ0n) is 16.3. The van der Waals surface area contributed by atoms with Gasteiger partial charge in [-0.1, -0.05) is 49.1 Å². The lowest BCUT2D eigenvalue weighted by Gasteiger charge is -2.09. The Balaban J connectivity index is 2.03. The van der Waals surface area contributed by atoms with Gasteiger partial charge in [0.2, 0.25) is 0 Å². The summed E-state index contributed by atoms with van der Waals surface area (Å²) in [4.78, 5) is 15.4. The molecule has 27 heavy (non-hydrogen) atoms. The lowest BCUT2D eigenvalue weighted by molar-refractivity contribution is -0.138. The van der Waals surface area contributed by atoms with Crippen LogP contribution in [0.2, 0.25) is 0 Å². The van der Waals surface area contributed by atoms with Gasteiger partial charge in [0.25, 0.3) is 0 Å². The van der Waals surface area contributed by atoms with Gasteiger partial charge in [0, 0.05) is 12.7 Å². The number of allylic oxidation sites excluding steroid dienone is 7. The van der Waals surface area contributed by atoms with Crippen LogP contribution in [0.15, 0.2) is 78.1 Å². The SMILES string of the molecule is C=C/C=C(C)/C(/C=C(\C=C/C)CNc1ccc(C2CC2C(=O)O)cn1)=C/C. The van der Waals surface area contributed by atoms with Gasteiger partial charge in [-0.25, -0.2) is 4.98 Å². The molecule has 0 aliphatic heterocycles. The summed E-state index contributed by atoms with van der Waals surface area (Å²) in [6.07, 6.45) is 14.6. The van der Waals surface area contributed by atoms with Gasteiger partial charge in [0.1, 0.15) is 5.82 Å². The van der Waals surface area contributed by atoms with Crippen LogP contribution in [0.25, 0.3) is 0 Å². The van der Waals surface area contributed by atoms with E-state index in [4.69, 9.17) is 5.11 Å². The number of pyridine rings is 1. The number of carboxylic acid groups (broad SMARTS) is 1. The lowest BCUT2D eigenvalue weighted by atomic mass is 10.0. The smallest absolute Gasteiger partial charge is 0.307 e. The summed E-state index contributed by atoms with van der Waals surface area (Å²) < 4.78 is 0. The average Bonchev–Trinajstić information content (AvgIpc) is 3.45. The minimum atomic E-state index is -0.719. The van der Waals surface area contributed by atoms with Crippen molar-refractivity contribution in [2.24, 2.45) is 5.92 Å². The minimum Gasteiger partial charge on any atom is -0.481 e. The molecule has 1 fully saturated rings. The number of aromatic nitrogens is 1.